The molecular weight excluding hydrogens is 349 g/mol. The maximum atomic E-state index is 13.5. The van der Waals surface area contributed by atoms with Crippen molar-refractivity contribution in [2.45, 2.75) is 25.3 Å². The monoisotopic (exact) mass is 381 g/mol. The number of hydrogen-bond acceptors (Lipinski definition) is 4. The van der Waals surface area contributed by atoms with Crippen molar-refractivity contribution in [3.63, 3.8) is 0 Å². The molecule has 0 spiro atoms. The van der Waals surface area contributed by atoms with Crippen LogP contribution >= 0.6 is 11.8 Å². The van der Waals surface area contributed by atoms with Crippen molar-refractivity contribution in [1.82, 2.24) is 20.4 Å². The van der Waals surface area contributed by atoms with Crippen molar-refractivity contribution in [2.24, 2.45) is 4.99 Å². The van der Waals surface area contributed by atoms with Gasteiger partial charge in [0.1, 0.15) is 5.82 Å². The van der Waals surface area contributed by atoms with E-state index in [2.05, 4.69) is 41.5 Å². The molecule has 0 amide bonds. The number of nitrogens with one attached hydrogen (secondary N) is 2. The molecule has 1 fully saturated rings. The highest BCUT2D eigenvalue weighted by Gasteiger charge is 2.22. The normalized spacial score (nSPS) is 19.6. The fourth-order valence-electron chi connectivity index (χ4n) is 3.08. The van der Waals surface area contributed by atoms with Gasteiger partial charge < -0.3 is 15.5 Å². The highest BCUT2D eigenvalue weighted by molar-refractivity contribution is 7.97. The second-order valence-corrected chi connectivity index (χ2v) is 7.68. The summed E-state index contributed by atoms with van der Waals surface area (Å²) in [4.78, 5) is 9.48. The highest BCUT2D eigenvalue weighted by atomic mass is 32.2. The van der Waals surface area contributed by atoms with E-state index in [4.69, 9.17) is 4.99 Å². The molecule has 0 radical (unpaired) electrons. The summed E-state index contributed by atoms with van der Waals surface area (Å²) < 4.78 is 13.5. The van der Waals surface area contributed by atoms with Gasteiger partial charge in [-0.2, -0.15) is 11.8 Å². The topological polar surface area (TPSA) is 42.9 Å². The van der Waals surface area contributed by atoms with Crippen molar-refractivity contribution >= 4 is 17.7 Å². The van der Waals surface area contributed by atoms with Crippen LogP contribution in [0.15, 0.2) is 23.2 Å². The number of piperazine rings is 1. The number of aliphatic imine (C=N–C) groups is 1. The molecule has 26 heavy (non-hydrogen) atoms. The molecule has 1 atom stereocenters. The largest absolute Gasteiger partial charge is 0.357 e. The molecule has 2 N–H and O–H groups in total. The number of hydrogen-bond donors (Lipinski definition) is 2. The van der Waals surface area contributed by atoms with Gasteiger partial charge in [0.15, 0.2) is 5.96 Å². The van der Waals surface area contributed by atoms with Crippen LogP contribution in [-0.4, -0.2) is 74.9 Å². The molecule has 1 aliphatic heterocycles. The second-order valence-electron chi connectivity index (χ2n) is 6.82. The summed E-state index contributed by atoms with van der Waals surface area (Å²) in [6.45, 7) is 7.54. The average Bonchev–Trinajstić information content (AvgIpc) is 2.61. The maximum absolute atomic E-state index is 13.5. The Morgan fingerprint density at radius 1 is 1.27 bits per heavy atom. The maximum Gasteiger partial charge on any atom is 0.191 e. The lowest BCUT2D eigenvalue weighted by molar-refractivity contribution is 0.116. The fourth-order valence-corrected chi connectivity index (χ4v) is 3.66. The number of guanidine groups is 1. The number of nitrogens with zero attached hydrogens (tertiary/aromatic N) is 3. The quantitative estimate of drug-likeness (QED) is 0.559. The van der Waals surface area contributed by atoms with Gasteiger partial charge in [0.2, 0.25) is 0 Å². The highest BCUT2D eigenvalue weighted by Crippen LogP contribution is 2.17. The molecule has 1 unspecified atom stereocenters. The fraction of sp³-hybridized carbons (Fsp3) is 0.632. The van der Waals surface area contributed by atoms with Crippen molar-refractivity contribution in [3.8, 4) is 0 Å². The molecule has 1 aromatic carbocycles. The lowest BCUT2D eigenvalue weighted by Crippen LogP contribution is -2.55. The Hall–Kier alpha value is -1.31. The van der Waals surface area contributed by atoms with Crippen LogP contribution in [0.2, 0.25) is 0 Å². The van der Waals surface area contributed by atoms with Crippen LogP contribution in [0.4, 0.5) is 4.39 Å². The van der Waals surface area contributed by atoms with E-state index in [-0.39, 0.29) is 5.82 Å². The second kappa shape index (κ2) is 10.7. The average molecular weight is 382 g/mol. The Morgan fingerprint density at radius 2 is 2.08 bits per heavy atom. The SMILES string of the molecule is CCNC(=NCc1ccc(F)cc1CSC)NCC1CN(C)CCN1C. The first kappa shape index (κ1) is 21.0. The minimum Gasteiger partial charge on any atom is -0.357 e. The Labute approximate surface area is 161 Å². The van der Waals surface area contributed by atoms with E-state index >= 15 is 0 Å². The summed E-state index contributed by atoms with van der Waals surface area (Å²) in [5, 5.41) is 6.77. The van der Waals surface area contributed by atoms with E-state index in [9.17, 15) is 4.39 Å². The zero-order chi connectivity index (χ0) is 18.9. The molecule has 2 rings (SSSR count). The predicted molar refractivity (Wildman–Crippen MR) is 110 cm³/mol. The number of thioether (sulfide) groups is 1. The van der Waals surface area contributed by atoms with Gasteiger partial charge in [0.05, 0.1) is 6.54 Å². The minimum atomic E-state index is -0.184. The smallest absolute Gasteiger partial charge is 0.191 e. The number of halogens is 1. The van der Waals surface area contributed by atoms with Crippen LogP contribution < -0.4 is 10.6 Å². The molecule has 146 valence electrons. The first-order valence-corrected chi connectivity index (χ1v) is 10.6. The van der Waals surface area contributed by atoms with Crippen LogP contribution in [-0.2, 0) is 12.3 Å². The van der Waals surface area contributed by atoms with E-state index in [1.165, 1.54) is 6.07 Å². The van der Waals surface area contributed by atoms with Crippen LogP contribution in [0.3, 0.4) is 0 Å². The Morgan fingerprint density at radius 3 is 2.81 bits per heavy atom. The third-order valence-electron chi connectivity index (χ3n) is 4.71. The molecule has 0 aliphatic carbocycles. The molecule has 1 aliphatic rings. The summed E-state index contributed by atoms with van der Waals surface area (Å²) >= 11 is 1.70. The lowest BCUT2D eigenvalue weighted by atomic mass is 10.1. The molecular formula is C19H32FN5S. The predicted octanol–water partition coefficient (Wildman–Crippen LogP) is 1.99. The van der Waals surface area contributed by atoms with Gasteiger partial charge in [-0.1, -0.05) is 6.07 Å². The molecule has 7 heteroatoms. The van der Waals surface area contributed by atoms with E-state index < -0.39 is 0 Å². The van der Waals surface area contributed by atoms with Gasteiger partial charge in [-0.3, -0.25) is 4.90 Å². The van der Waals surface area contributed by atoms with Crippen LogP contribution in [0.25, 0.3) is 0 Å². The zero-order valence-corrected chi connectivity index (χ0v) is 17.2. The van der Waals surface area contributed by atoms with Crippen molar-refractivity contribution in [2.75, 3.05) is 53.1 Å². The summed E-state index contributed by atoms with van der Waals surface area (Å²) in [6, 6.07) is 5.45. The van der Waals surface area contributed by atoms with Crippen molar-refractivity contribution in [3.05, 3.63) is 35.1 Å². The Bertz CT molecular complexity index is 595. The standard InChI is InChI=1S/C19H32FN5S/c1-5-21-19(23-12-18-13-24(2)8-9-25(18)3)22-11-15-6-7-17(20)10-16(15)14-26-4/h6-7,10,18H,5,8-9,11-14H2,1-4H3,(H2,21,22,23). The molecule has 5 nitrogen and oxygen atoms in total. The van der Waals surface area contributed by atoms with Gasteiger partial charge >= 0.3 is 0 Å². The number of benzene rings is 1. The number of rotatable bonds is 7. The van der Waals surface area contributed by atoms with Crippen molar-refractivity contribution in [1.29, 1.82) is 0 Å². The summed E-state index contributed by atoms with van der Waals surface area (Å²) in [5.41, 5.74) is 2.10. The van der Waals surface area contributed by atoms with E-state index in [0.29, 0.717) is 12.6 Å². The third-order valence-corrected chi connectivity index (χ3v) is 5.30. The molecule has 0 aromatic heterocycles. The van der Waals surface area contributed by atoms with Gasteiger partial charge in [0.25, 0.3) is 0 Å². The van der Waals surface area contributed by atoms with Gasteiger partial charge in [-0.05, 0) is 50.5 Å². The van der Waals surface area contributed by atoms with Crippen LogP contribution in [0.1, 0.15) is 18.1 Å². The molecule has 1 saturated heterocycles. The van der Waals surface area contributed by atoms with Gasteiger partial charge in [-0.25, -0.2) is 9.38 Å². The molecule has 1 heterocycles. The summed E-state index contributed by atoms with van der Waals surface area (Å²) in [7, 11) is 4.34. The molecule has 0 saturated carbocycles. The first-order chi connectivity index (χ1) is 12.5. The first-order valence-electron chi connectivity index (χ1n) is 9.20. The molecule has 0 bridgehead atoms. The van der Waals surface area contributed by atoms with Crippen LogP contribution in [0.5, 0.6) is 0 Å². The van der Waals surface area contributed by atoms with E-state index in [0.717, 1.165) is 55.6 Å². The van der Waals surface area contributed by atoms with Gasteiger partial charge in [-0.15, -0.1) is 0 Å². The van der Waals surface area contributed by atoms with Crippen LogP contribution in [0, 0.1) is 5.82 Å². The Kier molecular flexibility index (Phi) is 8.68. The van der Waals surface area contributed by atoms with E-state index in [1.807, 2.05) is 12.3 Å². The Balaban J connectivity index is 2.00. The van der Waals surface area contributed by atoms with Crippen molar-refractivity contribution < 1.29 is 4.39 Å². The van der Waals surface area contributed by atoms with Gasteiger partial charge in [0, 0.05) is 44.5 Å². The zero-order valence-electron chi connectivity index (χ0n) is 16.4. The minimum absolute atomic E-state index is 0.184. The van der Waals surface area contributed by atoms with E-state index in [1.54, 1.807) is 17.8 Å². The number of likely N-dealkylation sites (N-methyl/N-ethyl adjacent to an activating group) is 2. The lowest BCUT2D eigenvalue weighted by Gasteiger charge is -2.37. The summed E-state index contributed by atoms with van der Waals surface area (Å²) in [5.74, 6) is 1.43. The summed E-state index contributed by atoms with van der Waals surface area (Å²) in [6.07, 6.45) is 2.03. The third kappa shape index (κ3) is 6.45. The molecule has 1 aromatic rings.